The summed E-state index contributed by atoms with van der Waals surface area (Å²) in [5.74, 6) is -4.76. The number of methoxy groups -OCH3 is 1. The van der Waals surface area contributed by atoms with Gasteiger partial charge in [-0.25, -0.2) is 14.1 Å². The summed E-state index contributed by atoms with van der Waals surface area (Å²) in [7, 11) is 1.22. The number of benzene rings is 3. The Morgan fingerprint density at radius 1 is 0.892 bits per heavy atom. The first-order valence-corrected chi connectivity index (χ1v) is 11.7. The summed E-state index contributed by atoms with van der Waals surface area (Å²) in [6.45, 7) is 0. The molecule has 3 heterocycles. The first-order chi connectivity index (χ1) is 17.9. The van der Waals surface area contributed by atoms with Crippen molar-refractivity contribution in [1.29, 1.82) is 0 Å². The number of Topliss-reactive ketones (excluding diaryl/α,β-unsaturated/α-hetero) is 1. The molecule has 2 amide bonds. The Morgan fingerprint density at radius 3 is 2.32 bits per heavy atom. The van der Waals surface area contributed by atoms with Gasteiger partial charge in [-0.05, 0) is 47.5 Å². The topological polar surface area (TPSA) is 96.3 Å². The second kappa shape index (κ2) is 8.48. The second-order valence-corrected chi connectivity index (χ2v) is 9.09. The number of nitrogens with zero attached hydrogens (tertiary/aromatic N) is 3. The number of para-hydroxylation sites is 1. The number of amides is 2. The van der Waals surface area contributed by atoms with Crippen molar-refractivity contribution < 1.29 is 28.3 Å². The van der Waals surface area contributed by atoms with Gasteiger partial charge in [-0.2, -0.15) is 5.10 Å². The van der Waals surface area contributed by atoms with E-state index in [2.05, 4.69) is 5.10 Å². The molecule has 3 aliphatic rings. The van der Waals surface area contributed by atoms with Crippen LogP contribution in [0.3, 0.4) is 0 Å². The minimum absolute atomic E-state index is 0.0620. The van der Waals surface area contributed by atoms with Gasteiger partial charge in [-0.1, -0.05) is 36.4 Å². The van der Waals surface area contributed by atoms with Crippen LogP contribution in [0.15, 0.2) is 77.9 Å². The zero-order chi connectivity index (χ0) is 25.8. The number of hydrogen-bond donors (Lipinski definition) is 0. The fraction of sp³-hybridized carbons (Fsp3) is 0.179. The van der Waals surface area contributed by atoms with Crippen LogP contribution < -0.4 is 4.90 Å². The summed E-state index contributed by atoms with van der Waals surface area (Å²) in [5, 5.41) is 6.03. The van der Waals surface area contributed by atoms with Crippen LogP contribution in [0.5, 0.6) is 0 Å². The van der Waals surface area contributed by atoms with Crippen molar-refractivity contribution in [2.75, 3.05) is 12.0 Å². The van der Waals surface area contributed by atoms with E-state index in [9.17, 15) is 23.6 Å². The van der Waals surface area contributed by atoms with Crippen LogP contribution in [0.1, 0.15) is 37.9 Å². The maximum absolute atomic E-state index is 14.0. The number of anilines is 1. The van der Waals surface area contributed by atoms with Crippen molar-refractivity contribution in [2.45, 2.75) is 12.1 Å². The van der Waals surface area contributed by atoms with E-state index in [1.807, 2.05) is 24.3 Å². The van der Waals surface area contributed by atoms with Crippen LogP contribution in [0.4, 0.5) is 10.1 Å². The van der Waals surface area contributed by atoms with Gasteiger partial charge in [0.2, 0.25) is 11.8 Å². The van der Waals surface area contributed by atoms with Crippen molar-refractivity contribution in [3.8, 4) is 0 Å². The third-order valence-corrected chi connectivity index (χ3v) is 7.24. The van der Waals surface area contributed by atoms with E-state index in [0.29, 0.717) is 0 Å². The van der Waals surface area contributed by atoms with Gasteiger partial charge < -0.3 is 4.74 Å². The molecule has 3 aliphatic heterocycles. The number of halogens is 1. The Labute approximate surface area is 210 Å². The number of fused-ring (bicyclic) bond motifs is 5. The third-order valence-electron chi connectivity index (χ3n) is 7.24. The zero-order valence-electron chi connectivity index (χ0n) is 19.6. The van der Waals surface area contributed by atoms with Crippen LogP contribution in [0, 0.1) is 17.7 Å². The highest BCUT2D eigenvalue weighted by Gasteiger charge is 2.65. The maximum atomic E-state index is 14.0. The second-order valence-electron chi connectivity index (χ2n) is 9.09. The molecule has 2 saturated heterocycles. The van der Waals surface area contributed by atoms with E-state index < -0.39 is 53.3 Å². The molecular formula is C28H20FN3O5. The molecule has 0 spiro atoms. The molecule has 0 radical (unpaired) electrons. The van der Waals surface area contributed by atoms with E-state index in [-0.39, 0.29) is 16.8 Å². The fourth-order valence-electron chi connectivity index (χ4n) is 5.64. The normalized spacial score (nSPS) is 23.5. The first-order valence-electron chi connectivity index (χ1n) is 11.7. The highest BCUT2D eigenvalue weighted by molar-refractivity contribution is 6.26. The third kappa shape index (κ3) is 3.31. The molecule has 37 heavy (non-hydrogen) atoms. The number of carbonyl (C=O) groups excluding carboxylic acids is 4. The molecule has 0 aliphatic carbocycles. The van der Waals surface area contributed by atoms with Crippen LogP contribution >= 0.6 is 0 Å². The molecule has 0 bridgehead atoms. The van der Waals surface area contributed by atoms with E-state index in [4.69, 9.17) is 4.74 Å². The Kier molecular flexibility index (Phi) is 5.22. The van der Waals surface area contributed by atoms with Crippen LogP contribution in [-0.4, -0.2) is 47.9 Å². The molecule has 0 saturated carbocycles. The molecular weight excluding hydrogens is 477 g/mol. The molecule has 0 N–H and O–H groups in total. The number of esters is 1. The standard InChI is InChI=1S/C28H20FN3O5/c1-37-28(36)19-8-4-5-9-20(19)31-26(34)21-22(27(31)35)24(25(33)15-10-12-17(29)13-11-15)32-23(21)18-7-3-2-6-16(18)14-30-32/h2-14,21-24H,1H3/t21-,22+,23+,24-/m0/s1. The number of ketones is 1. The molecule has 0 unspecified atom stereocenters. The molecule has 184 valence electrons. The Balaban J connectivity index is 1.50. The van der Waals surface area contributed by atoms with Gasteiger partial charge in [0.1, 0.15) is 11.9 Å². The van der Waals surface area contributed by atoms with Crippen LogP contribution in [-0.2, 0) is 14.3 Å². The fourth-order valence-corrected chi connectivity index (χ4v) is 5.64. The van der Waals surface area contributed by atoms with Gasteiger partial charge in [-0.3, -0.25) is 19.4 Å². The molecule has 4 atom stereocenters. The zero-order valence-corrected chi connectivity index (χ0v) is 19.6. The minimum Gasteiger partial charge on any atom is -0.465 e. The molecule has 2 fully saturated rings. The van der Waals surface area contributed by atoms with Gasteiger partial charge in [0, 0.05) is 5.56 Å². The molecule has 0 aromatic heterocycles. The smallest absolute Gasteiger partial charge is 0.339 e. The van der Waals surface area contributed by atoms with Gasteiger partial charge in [-0.15, -0.1) is 0 Å². The lowest BCUT2D eigenvalue weighted by molar-refractivity contribution is -0.124. The van der Waals surface area contributed by atoms with Crippen molar-refractivity contribution in [3.63, 3.8) is 0 Å². The summed E-state index contributed by atoms with van der Waals surface area (Å²) in [6.07, 6.45) is 1.61. The molecule has 9 heteroatoms. The quantitative estimate of drug-likeness (QED) is 0.312. The Bertz CT molecular complexity index is 1500. The number of carbonyl (C=O) groups is 4. The van der Waals surface area contributed by atoms with E-state index in [0.717, 1.165) is 16.0 Å². The van der Waals surface area contributed by atoms with Crippen molar-refractivity contribution in [3.05, 3.63) is 101 Å². The van der Waals surface area contributed by atoms with Crippen LogP contribution in [0.2, 0.25) is 0 Å². The highest BCUT2D eigenvalue weighted by atomic mass is 19.1. The summed E-state index contributed by atoms with van der Waals surface area (Å²) >= 11 is 0. The van der Waals surface area contributed by atoms with Crippen molar-refractivity contribution >= 4 is 35.5 Å². The van der Waals surface area contributed by atoms with E-state index in [1.54, 1.807) is 18.3 Å². The summed E-state index contributed by atoms with van der Waals surface area (Å²) < 4.78 is 18.4. The van der Waals surface area contributed by atoms with E-state index >= 15 is 0 Å². The average Bonchev–Trinajstić information content (AvgIpc) is 3.40. The predicted molar refractivity (Wildman–Crippen MR) is 130 cm³/mol. The van der Waals surface area contributed by atoms with Crippen molar-refractivity contribution in [2.24, 2.45) is 16.9 Å². The van der Waals surface area contributed by atoms with Gasteiger partial charge in [0.05, 0.1) is 42.5 Å². The Morgan fingerprint density at radius 2 is 1.57 bits per heavy atom. The minimum atomic E-state index is -1.10. The largest absolute Gasteiger partial charge is 0.465 e. The summed E-state index contributed by atoms with van der Waals surface area (Å²) in [6, 6.07) is 16.9. The van der Waals surface area contributed by atoms with E-state index in [1.165, 1.54) is 48.5 Å². The molecule has 3 aromatic rings. The molecule has 8 nitrogen and oxygen atoms in total. The van der Waals surface area contributed by atoms with Crippen molar-refractivity contribution in [1.82, 2.24) is 5.01 Å². The summed E-state index contributed by atoms with van der Waals surface area (Å²) in [5.41, 5.74) is 1.92. The number of ether oxygens (including phenoxy) is 1. The SMILES string of the molecule is COC(=O)c1ccccc1N1C(=O)[C@@H]2[C@H](C1=O)[C@H]1c3ccccc3C=NN1[C@@H]2C(=O)c1ccc(F)cc1. The van der Waals surface area contributed by atoms with Crippen LogP contribution in [0.25, 0.3) is 0 Å². The molecule has 6 rings (SSSR count). The lowest BCUT2D eigenvalue weighted by Crippen LogP contribution is -2.45. The lowest BCUT2D eigenvalue weighted by Gasteiger charge is -2.34. The highest BCUT2D eigenvalue weighted by Crippen LogP contribution is 2.53. The monoisotopic (exact) mass is 497 g/mol. The lowest BCUT2D eigenvalue weighted by atomic mass is 9.83. The Hall–Kier alpha value is -4.66. The van der Waals surface area contributed by atoms with Gasteiger partial charge in [0.15, 0.2) is 5.78 Å². The molecule has 3 aromatic carbocycles. The number of imide groups is 1. The number of hydrazone groups is 1. The van der Waals surface area contributed by atoms with Gasteiger partial charge >= 0.3 is 5.97 Å². The summed E-state index contributed by atoms with van der Waals surface area (Å²) in [4.78, 5) is 55.2. The predicted octanol–water partition coefficient (Wildman–Crippen LogP) is 3.37. The van der Waals surface area contributed by atoms with Gasteiger partial charge in [0.25, 0.3) is 0 Å². The maximum Gasteiger partial charge on any atom is 0.339 e. The number of hydrogen-bond acceptors (Lipinski definition) is 7. The average molecular weight is 497 g/mol. The number of rotatable bonds is 4. The first kappa shape index (κ1) is 22.8.